The van der Waals surface area contributed by atoms with Gasteiger partial charge in [-0.2, -0.15) is 0 Å². The summed E-state index contributed by atoms with van der Waals surface area (Å²) in [5, 5.41) is 0. The van der Waals surface area contributed by atoms with Crippen molar-refractivity contribution in [3.63, 3.8) is 0 Å². The van der Waals surface area contributed by atoms with Gasteiger partial charge in [0.15, 0.2) is 17.3 Å². The SMILES string of the molecule is COc1ccc(OC)c(CC(=O)C2C(=O)CCCC2=O)c1. The summed E-state index contributed by atoms with van der Waals surface area (Å²) in [5.74, 6) is -0.859. The zero-order valence-corrected chi connectivity index (χ0v) is 12.2. The average Bonchev–Trinajstić information content (AvgIpc) is 2.47. The molecule has 1 aliphatic carbocycles. The van der Waals surface area contributed by atoms with Crippen LogP contribution in [0.4, 0.5) is 0 Å². The Kier molecular flexibility index (Phi) is 4.73. The van der Waals surface area contributed by atoms with Crippen molar-refractivity contribution >= 4 is 17.3 Å². The van der Waals surface area contributed by atoms with Gasteiger partial charge in [0.1, 0.15) is 17.4 Å². The van der Waals surface area contributed by atoms with Crippen LogP contribution in [0.1, 0.15) is 24.8 Å². The fourth-order valence-corrected chi connectivity index (χ4v) is 2.57. The van der Waals surface area contributed by atoms with Gasteiger partial charge in [0.2, 0.25) is 0 Å². The molecule has 1 aromatic rings. The molecule has 5 heteroatoms. The highest BCUT2D eigenvalue weighted by molar-refractivity contribution is 6.20. The lowest BCUT2D eigenvalue weighted by atomic mass is 9.82. The average molecular weight is 290 g/mol. The van der Waals surface area contributed by atoms with E-state index in [4.69, 9.17) is 9.47 Å². The molecule has 112 valence electrons. The number of methoxy groups -OCH3 is 2. The fourth-order valence-electron chi connectivity index (χ4n) is 2.57. The summed E-state index contributed by atoms with van der Waals surface area (Å²) in [6.07, 6.45) is 1.14. The Morgan fingerprint density at radius 1 is 1.14 bits per heavy atom. The predicted octanol–water partition coefficient (Wildman–Crippen LogP) is 1.75. The minimum absolute atomic E-state index is 0.0114. The zero-order chi connectivity index (χ0) is 15.4. The van der Waals surface area contributed by atoms with Crippen LogP contribution in [-0.2, 0) is 20.8 Å². The summed E-state index contributed by atoms with van der Waals surface area (Å²) in [4.78, 5) is 36.0. The number of carbonyl (C=O) groups excluding carboxylic acids is 3. The number of carbonyl (C=O) groups is 3. The Labute approximate surface area is 123 Å². The van der Waals surface area contributed by atoms with E-state index in [9.17, 15) is 14.4 Å². The minimum atomic E-state index is -1.10. The lowest BCUT2D eigenvalue weighted by Gasteiger charge is -2.18. The highest BCUT2D eigenvalue weighted by Crippen LogP contribution is 2.27. The highest BCUT2D eigenvalue weighted by atomic mass is 16.5. The van der Waals surface area contributed by atoms with Crippen LogP contribution in [0.15, 0.2) is 18.2 Å². The van der Waals surface area contributed by atoms with E-state index in [1.54, 1.807) is 18.2 Å². The van der Waals surface area contributed by atoms with Crippen LogP contribution in [-0.4, -0.2) is 31.6 Å². The third-order valence-electron chi connectivity index (χ3n) is 3.66. The predicted molar refractivity (Wildman–Crippen MR) is 75.6 cm³/mol. The van der Waals surface area contributed by atoms with Crippen molar-refractivity contribution < 1.29 is 23.9 Å². The molecule has 0 N–H and O–H groups in total. The molecule has 0 heterocycles. The van der Waals surface area contributed by atoms with Crippen molar-refractivity contribution in [1.29, 1.82) is 0 Å². The molecule has 1 fully saturated rings. The zero-order valence-electron chi connectivity index (χ0n) is 12.2. The molecule has 5 nitrogen and oxygen atoms in total. The van der Waals surface area contributed by atoms with Gasteiger partial charge in [0.05, 0.1) is 14.2 Å². The molecule has 1 saturated carbocycles. The number of benzene rings is 1. The molecule has 0 saturated heterocycles. The van der Waals surface area contributed by atoms with Crippen molar-refractivity contribution in [1.82, 2.24) is 0 Å². The molecule has 0 bridgehead atoms. The molecule has 0 spiro atoms. The van der Waals surface area contributed by atoms with Crippen LogP contribution in [0.3, 0.4) is 0 Å². The summed E-state index contributed by atoms with van der Waals surface area (Å²) in [5.41, 5.74) is 0.619. The Hall–Kier alpha value is -2.17. The maximum atomic E-state index is 12.3. The van der Waals surface area contributed by atoms with E-state index >= 15 is 0 Å². The van der Waals surface area contributed by atoms with E-state index in [0.717, 1.165) is 0 Å². The Bertz CT molecular complexity index is 560. The minimum Gasteiger partial charge on any atom is -0.497 e. The highest BCUT2D eigenvalue weighted by Gasteiger charge is 2.35. The second-order valence-electron chi connectivity index (χ2n) is 5.04. The number of ketones is 3. The lowest BCUT2D eigenvalue weighted by molar-refractivity contribution is -0.141. The largest absolute Gasteiger partial charge is 0.497 e. The van der Waals surface area contributed by atoms with Crippen molar-refractivity contribution in [3.8, 4) is 11.5 Å². The van der Waals surface area contributed by atoms with E-state index in [1.807, 2.05) is 0 Å². The Morgan fingerprint density at radius 3 is 2.38 bits per heavy atom. The van der Waals surface area contributed by atoms with Crippen LogP contribution in [0.2, 0.25) is 0 Å². The van der Waals surface area contributed by atoms with Gasteiger partial charge >= 0.3 is 0 Å². The van der Waals surface area contributed by atoms with Crippen LogP contribution >= 0.6 is 0 Å². The first kappa shape index (κ1) is 15.2. The van der Waals surface area contributed by atoms with E-state index in [2.05, 4.69) is 0 Å². The first-order valence-electron chi connectivity index (χ1n) is 6.86. The molecule has 0 amide bonds. The molecule has 0 aliphatic heterocycles. The number of Topliss-reactive ketones (excluding diaryl/α,β-unsaturated/α-hetero) is 3. The van der Waals surface area contributed by atoms with Gasteiger partial charge in [-0.15, -0.1) is 0 Å². The first-order chi connectivity index (χ1) is 10.1. The number of hydrogen-bond acceptors (Lipinski definition) is 5. The van der Waals surface area contributed by atoms with Gasteiger partial charge in [-0.1, -0.05) is 0 Å². The first-order valence-corrected chi connectivity index (χ1v) is 6.86. The third-order valence-corrected chi connectivity index (χ3v) is 3.66. The van der Waals surface area contributed by atoms with Gasteiger partial charge < -0.3 is 9.47 Å². The van der Waals surface area contributed by atoms with Gasteiger partial charge in [-0.05, 0) is 24.6 Å². The van der Waals surface area contributed by atoms with Gasteiger partial charge in [-0.25, -0.2) is 0 Å². The van der Waals surface area contributed by atoms with E-state index < -0.39 is 5.92 Å². The van der Waals surface area contributed by atoms with Gasteiger partial charge in [0.25, 0.3) is 0 Å². The number of hydrogen-bond donors (Lipinski definition) is 0. The van der Waals surface area contributed by atoms with Crippen LogP contribution in [0.25, 0.3) is 0 Å². The van der Waals surface area contributed by atoms with E-state index in [1.165, 1.54) is 14.2 Å². The smallest absolute Gasteiger partial charge is 0.155 e. The molecule has 2 rings (SSSR count). The molecule has 1 aliphatic rings. The molecule has 0 aromatic heterocycles. The Balaban J connectivity index is 2.22. The molecule has 1 aromatic carbocycles. The second kappa shape index (κ2) is 6.52. The van der Waals surface area contributed by atoms with Crippen LogP contribution in [0.5, 0.6) is 11.5 Å². The van der Waals surface area contributed by atoms with Gasteiger partial charge in [0, 0.05) is 24.8 Å². The molecule has 0 atom stereocenters. The summed E-state index contributed by atoms with van der Waals surface area (Å²) in [7, 11) is 3.04. The third kappa shape index (κ3) is 3.29. The fraction of sp³-hybridized carbons (Fsp3) is 0.438. The summed E-state index contributed by atoms with van der Waals surface area (Å²) < 4.78 is 10.3. The van der Waals surface area contributed by atoms with E-state index in [-0.39, 0.29) is 23.8 Å². The normalized spacial score (nSPS) is 15.9. The second-order valence-corrected chi connectivity index (χ2v) is 5.04. The van der Waals surface area contributed by atoms with Gasteiger partial charge in [-0.3, -0.25) is 14.4 Å². The molecule has 21 heavy (non-hydrogen) atoms. The van der Waals surface area contributed by atoms with E-state index in [0.29, 0.717) is 36.3 Å². The Morgan fingerprint density at radius 2 is 1.81 bits per heavy atom. The standard InChI is InChI=1S/C16H18O5/c1-20-11-6-7-15(21-2)10(8-11)9-14(19)16-12(17)4-3-5-13(16)18/h6-8,16H,3-5,9H2,1-2H3. The summed E-state index contributed by atoms with van der Waals surface area (Å²) in [6, 6.07) is 5.12. The maximum absolute atomic E-state index is 12.3. The van der Waals surface area contributed by atoms with Crippen LogP contribution in [0, 0.1) is 5.92 Å². The molecular formula is C16H18O5. The topological polar surface area (TPSA) is 69.7 Å². The van der Waals surface area contributed by atoms with Crippen LogP contribution < -0.4 is 9.47 Å². The summed E-state index contributed by atoms with van der Waals surface area (Å²) in [6.45, 7) is 0. The number of rotatable bonds is 5. The monoisotopic (exact) mass is 290 g/mol. The maximum Gasteiger partial charge on any atom is 0.155 e. The molecule has 0 radical (unpaired) electrons. The van der Waals surface area contributed by atoms with Crippen molar-refractivity contribution in [3.05, 3.63) is 23.8 Å². The quantitative estimate of drug-likeness (QED) is 0.773. The van der Waals surface area contributed by atoms with Crippen molar-refractivity contribution in [2.45, 2.75) is 25.7 Å². The number of ether oxygens (including phenoxy) is 2. The molecular weight excluding hydrogens is 272 g/mol. The molecule has 0 unspecified atom stereocenters. The van der Waals surface area contributed by atoms with Crippen molar-refractivity contribution in [2.75, 3.05) is 14.2 Å². The summed E-state index contributed by atoms with van der Waals surface area (Å²) >= 11 is 0. The lowest BCUT2D eigenvalue weighted by Crippen LogP contribution is -2.36. The van der Waals surface area contributed by atoms with Crippen molar-refractivity contribution in [2.24, 2.45) is 5.92 Å².